The quantitative estimate of drug-likeness (QED) is 0.465. The first kappa shape index (κ1) is 18.3. The van der Waals surface area contributed by atoms with E-state index in [4.69, 9.17) is 9.47 Å². The lowest BCUT2D eigenvalue weighted by atomic mass is 9.84. The van der Waals surface area contributed by atoms with E-state index in [2.05, 4.69) is 4.98 Å². The van der Waals surface area contributed by atoms with Crippen molar-refractivity contribution in [3.63, 3.8) is 0 Å². The van der Waals surface area contributed by atoms with Crippen molar-refractivity contribution in [1.29, 1.82) is 0 Å². The van der Waals surface area contributed by atoms with Crippen LogP contribution in [0.4, 0.5) is 0 Å². The zero-order valence-electron chi connectivity index (χ0n) is 15.0. The highest BCUT2D eigenvalue weighted by Gasteiger charge is 2.53. The van der Waals surface area contributed by atoms with Crippen molar-refractivity contribution >= 4 is 29.1 Å². The standard InChI is InChI=1S/C19H19NO5S/c1-10-12-8-19(17(22)24-3,18(23)25-4)9-13(12)11(2)20-15(10)16(21)14-6-5-7-26-14/h5-7H,8-9H2,1-4H3. The molecule has 26 heavy (non-hydrogen) atoms. The number of fused-ring (bicyclic) bond motifs is 1. The van der Waals surface area contributed by atoms with Crippen LogP contribution in [0.2, 0.25) is 0 Å². The number of pyridine rings is 1. The molecule has 0 spiro atoms. The van der Waals surface area contributed by atoms with E-state index in [1.807, 2.05) is 11.4 Å². The van der Waals surface area contributed by atoms with Gasteiger partial charge in [-0.2, -0.15) is 0 Å². The number of nitrogens with zero attached hydrogens (tertiary/aromatic N) is 1. The third-order valence-electron chi connectivity index (χ3n) is 4.96. The number of aryl methyl sites for hydroxylation is 1. The Balaban J connectivity index is 2.12. The predicted octanol–water partition coefficient (Wildman–Crippen LogP) is 2.42. The smallest absolute Gasteiger partial charge is 0.323 e. The molecule has 136 valence electrons. The molecule has 3 rings (SSSR count). The summed E-state index contributed by atoms with van der Waals surface area (Å²) < 4.78 is 9.77. The first-order valence-corrected chi connectivity index (χ1v) is 8.97. The molecule has 0 amide bonds. The molecule has 2 heterocycles. The van der Waals surface area contributed by atoms with Crippen LogP contribution in [-0.2, 0) is 31.9 Å². The summed E-state index contributed by atoms with van der Waals surface area (Å²) in [5, 5.41) is 1.84. The van der Waals surface area contributed by atoms with Crippen molar-refractivity contribution in [2.75, 3.05) is 14.2 Å². The van der Waals surface area contributed by atoms with Gasteiger partial charge in [-0.25, -0.2) is 4.98 Å². The van der Waals surface area contributed by atoms with E-state index in [1.54, 1.807) is 19.9 Å². The summed E-state index contributed by atoms with van der Waals surface area (Å²) in [6.07, 6.45) is 0.302. The molecule has 6 nitrogen and oxygen atoms in total. The third kappa shape index (κ3) is 2.63. The highest BCUT2D eigenvalue weighted by Crippen LogP contribution is 2.42. The topological polar surface area (TPSA) is 82.6 Å². The van der Waals surface area contributed by atoms with E-state index in [0.29, 0.717) is 21.8 Å². The van der Waals surface area contributed by atoms with Crippen LogP contribution in [-0.4, -0.2) is 36.9 Å². The Bertz CT molecular complexity index is 885. The lowest BCUT2D eigenvalue weighted by Crippen LogP contribution is -2.42. The molecule has 0 fully saturated rings. The number of esters is 2. The van der Waals surface area contributed by atoms with Crippen molar-refractivity contribution in [3.8, 4) is 0 Å². The van der Waals surface area contributed by atoms with Gasteiger partial charge in [-0.15, -0.1) is 11.3 Å². The fourth-order valence-electron chi connectivity index (χ4n) is 3.55. The second-order valence-electron chi connectivity index (χ2n) is 6.35. The molecule has 0 saturated heterocycles. The lowest BCUT2D eigenvalue weighted by molar-refractivity contribution is -0.168. The van der Waals surface area contributed by atoms with Crippen molar-refractivity contribution in [3.05, 3.63) is 50.5 Å². The minimum Gasteiger partial charge on any atom is -0.468 e. The zero-order valence-corrected chi connectivity index (χ0v) is 15.9. The van der Waals surface area contributed by atoms with Gasteiger partial charge in [0, 0.05) is 18.5 Å². The average molecular weight is 373 g/mol. The molecular weight excluding hydrogens is 354 g/mol. The Morgan fingerprint density at radius 3 is 2.23 bits per heavy atom. The largest absolute Gasteiger partial charge is 0.468 e. The number of thiophene rings is 1. The summed E-state index contributed by atoms with van der Waals surface area (Å²) in [5.74, 6) is -1.42. The second kappa shape index (κ2) is 6.64. The summed E-state index contributed by atoms with van der Waals surface area (Å²) in [6, 6.07) is 3.57. The normalized spacial score (nSPS) is 14.6. The first-order chi connectivity index (χ1) is 12.4. The Hall–Kier alpha value is -2.54. The van der Waals surface area contributed by atoms with Gasteiger partial charge in [0.2, 0.25) is 5.78 Å². The highest BCUT2D eigenvalue weighted by molar-refractivity contribution is 7.12. The maximum Gasteiger partial charge on any atom is 0.323 e. The van der Waals surface area contributed by atoms with Gasteiger partial charge in [-0.1, -0.05) is 6.07 Å². The van der Waals surface area contributed by atoms with E-state index >= 15 is 0 Å². The van der Waals surface area contributed by atoms with Crippen LogP contribution in [0.3, 0.4) is 0 Å². The molecule has 1 aliphatic rings. The number of methoxy groups -OCH3 is 2. The van der Waals surface area contributed by atoms with Crippen LogP contribution in [0.15, 0.2) is 17.5 Å². The monoisotopic (exact) mass is 373 g/mol. The fourth-order valence-corrected chi connectivity index (χ4v) is 4.22. The number of hydrogen-bond acceptors (Lipinski definition) is 7. The van der Waals surface area contributed by atoms with E-state index in [1.165, 1.54) is 25.6 Å². The predicted molar refractivity (Wildman–Crippen MR) is 95.3 cm³/mol. The maximum absolute atomic E-state index is 12.8. The fraction of sp³-hybridized carbons (Fsp3) is 0.368. The van der Waals surface area contributed by atoms with E-state index in [9.17, 15) is 14.4 Å². The Morgan fingerprint density at radius 2 is 1.69 bits per heavy atom. The molecule has 7 heteroatoms. The Labute approximate surface area is 155 Å². The average Bonchev–Trinajstić information content (AvgIpc) is 3.31. The molecule has 0 aliphatic heterocycles. The highest BCUT2D eigenvalue weighted by atomic mass is 32.1. The molecule has 0 radical (unpaired) electrons. The van der Waals surface area contributed by atoms with Crippen molar-refractivity contribution < 1.29 is 23.9 Å². The SMILES string of the molecule is COC(=O)C1(C(=O)OC)Cc2c(C)nc(C(=O)c3cccs3)c(C)c2C1. The first-order valence-electron chi connectivity index (χ1n) is 8.09. The summed E-state index contributed by atoms with van der Waals surface area (Å²) in [5.41, 5.74) is 1.87. The molecule has 0 bridgehead atoms. The number of hydrogen-bond donors (Lipinski definition) is 0. The Kier molecular flexibility index (Phi) is 4.66. The molecule has 1 aliphatic carbocycles. The number of aromatic nitrogens is 1. The molecule has 2 aromatic heterocycles. The van der Waals surface area contributed by atoms with Crippen molar-refractivity contribution in [1.82, 2.24) is 4.98 Å². The lowest BCUT2D eigenvalue weighted by Gasteiger charge is -2.22. The maximum atomic E-state index is 12.8. The molecule has 0 aromatic carbocycles. The van der Waals surface area contributed by atoms with Gasteiger partial charge in [0.05, 0.1) is 19.1 Å². The van der Waals surface area contributed by atoms with E-state index < -0.39 is 17.4 Å². The van der Waals surface area contributed by atoms with Gasteiger partial charge in [0.15, 0.2) is 5.41 Å². The van der Waals surface area contributed by atoms with Crippen LogP contribution < -0.4 is 0 Å². The Morgan fingerprint density at radius 1 is 1.08 bits per heavy atom. The van der Waals surface area contributed by atoms with Crippen molar-refractivity contribution in [2.45, 2.75) is 26.7 Å². The third-order valence-corrected chi connectivity index (χ3v) is 5.83. The summed E-state index contributed by atoms with van der Waals surface area (Å²) in [4.78, 5) is 42.7. The summed E-state index contributed by atoms with van der Waals surface area (Å²) >= 11 is 1.35. The van der Waals surface area contributed by atoms with Crippen LogP contribution in [0.1, 0.15) is 37.7 Å². The molecule has 0 unspecified atom stereocenters. The van der Waals surface area contributed by atoms with Crippen LogP contribution >= 0.6 is 11.3 Å². The van der Waals surface area contributed by atoms with Gasteiger partial charge in [-0.05, 0) is 42.0 Å². The summed E-state index contributed by atoms with van der Waals surface area (Å²) in [6.45, 7) is 3.59. The summed E-state index contributed by atoms with van der Waals surface area (Å²) in [7, 11) is 2.50. The van der Waals surface area contributed by atoms with Crippen LogP contribution in [0, 0.1) is 19.3 Å². The van der Waals surface area contributed by atoms with Crippen molar-refractivity contribution in [2.24, 2.45) is 5.41 Å². The van der Waals surface area contributed by atoms with Crippen LogP contribution in [0.5, 0.6) is 0 Å². The van der Waals surface area contributed by atoms with E-state index in [-0.39, 0.29) is 18.6 Å². The minimum absolute atomic E-state index is 0.140. The number of rotatable bonds is 4. The van der Waals surface area contributed by atoms with Gasteiger partial charge in [0.25, 0.3) is 0 Å². The molecular formula is C19H19NO5S. The zero-order chi connectivity index (χ0) is 19.1. The molecule has 2 aromatic rings. The minimum atomic E-state index is -1.42. The van der Waals surface area contributed by atoms with E-state index in [0.717, 1.165) is 11.1 Å². The molecule has 0 N–H and O–H groups in total. The van der Waals surface area contributed by atoms with Gasteiger partial charge < -0.3 is 9.47 Å². The number of ketones is 1. The van der Waals surface area contributed by atoms with Gasteiger partial charge in [0.1, 0.15) is 5.69 Å². The molecule has 0 saturated carbocycles. The number of ether oxygens (including phenoxy) is 2. The van der Waals surface area contributed by atoms with Gasteiger partial charge in [-0.3, -0.25) is 14.4 Å². The second-order valence-corrected chi connectivity index (χ2v) is 7.30. The number of carbonyl (C=O) groups excluding carboxylic acids is 3. The number of carbonyl (C=O) groups is 3. The molecule has 0 atom stereocenters. The van der Waals surface area contributed by atoms with Crippen LogP contribution in [0.25, 0.3) is 0 Å². The van der Waals surface area contributed by atoms with Gasteiger partial charge >= 0.3 is 11.9 Å².